The fourth-order valence-electron chi connectivity index (χ4n) is 2.74. The molecule has 0 bridgehead atoms. The third-order valence-corrected chi connectivity index (χ3v) is 4.47. The second-order valence-electron chi connectivity index (χ2n) is 5.42. The molecule has 0 spiro atoms. The fraction of sp³-hybridized carbons (Fsp3) is 0.625. The Balaban J connectivity index is 1.73. The minimum Gasteiger partial charge on any atom is -0.378 e. The Bertz CT molecular complexity index is 375. The fourth-order valence-corrected chi connectivity index (χ4v) is 3.21. The van der Waals surface area contributed by atoms with Gasteiger partial charge in [0, 0.05) is 17.5 Å². The van der Waals surface area contributed by atoms with Crippen molar-refractivity contribution < 1.29 is 4.74 Å². The molecule has 3 heteroatoms. The first-order valence-electron chi connectivity index (χ1n) is 7.20. The highest BCUT2D eigenvalue weighted by atomic mass is 35.5. The Morgan fingerprint density at radius 1 is 1.37 bits per heavy atom. The molecule has 1 aromatic carbocycles. The first-order chi connectivity index (χ1) is 9.28. The molecule has 2 atom stereocenters. The molecule has 1 aliphatic rings. The lowest BCUT2D eigenvalue weighted by Gasteiger charge is -2.15. The number of rotatable bonds is 7. The van der Waals surface area contributed by atoms with E-state index in [1.54, 1.807) is 0 Å². The van der Waals surface area contributed by atoms with E-state index >= 15 is 0 Å². The van der Waals surface area contributed by atoms with E-state index in [9.17, 15) is 0 Å². The SMILES string of the molecule is ClCC(CCCC1CCCO1)Cc1cccc(Cl)c1. The van der Waals surface area contributed by atoms with Crippen molar-refractivity contribution in [3.8, 4) is 0 Å². The first kappa shape index (κ1) is 15.2. The smallest absolute Gasteiger partial charge is 0.0576 e. The number of benzene rings is 1. The summed E-state index contributed by atoms with van der Waals surface area (Å²) in [5.74, 6) is 1.26. The van der Waals surface area contributed by atoms with Gasteiger partial charge in [-0.15, -0.1) is 11.6 Å². The molecule has 106 valence electrons. The van der Waals surface area contributed by atoms with Crippen molar-refractivity contribution in [2.24, 2.45) is 5.92 Å². The van der Waals surface area contributed by atoms with E-state index in [4.69, 9.17) is 27.9 Å². The maximum Gasteiger partial charge on any atom is 0.0576 e. The van der Waals surface area contributed by atoms with Crippen molar-refractivity contribution >= 4 is 23.2 Å². The molecule has 1 heterocycles. The monoisotopic (exact) mass is 300 g/mol. The van der Waals surface area contributed by atoms with Gasteiger partial charge in [-0.2, -0.15) is 0 Å². The first-order valence-corrected chi connectivity index (χ1v) is 8.11. The molecule has 0 aromatic heterocycles. The Morgan fingerprint density at radius 2 is 2.26 bits per heavy atom. The lowest BCUT2D eigenvalue weighted by atomic mass is 9.94. The van der Waals surface area contributed by atoms with Gasteiger partial charge in [0.15, 0.2) is 0 Å². The Hall–Kier alpha value is -0.240. The van der Waals surface area contributed by atoms with Gasteiger partial charge in [0.1, 0.15) is 0 Å². The average Bonchev–Trinajstić information content (AvgIpc) is 2.91. The lowest BCUT2D eigenvalue weighted by molar-refractivity contribution is 0.101. The third-order valence-electron chi connectivity index (χ3n) is 3.79. The highest BCUT2D eigenvalue weighted by Gasteiger charge is 2.16. The third kappa shape index (κ3) is 5.33. The number of hydrogen-bond acceptors (Lipinski definition) is 1. The molecule has 0 amide bonds. The van der Waals surface area contributed by atoms with Crippen LogP contribution in [0.15, 0.2) is 24.3 Å². The summed E-state index contributed by atoms with van der Waals surface area (Å²) in [6, 6.07) is 8.10. The molecule has 19 heavy (non-hydrogen) atoms. The predicted molar refractivity (Wildman–Crippen MR) is 82.2 cm³/mol. The Labute approximate surface area is 126 Å². The van der Waals surface area contributed by atoms with Gasteiger partial charge in [0.2, 0.25) is 0 Å². The molecule has 1 aromatic rings. The number of ether oxygens (including phenoxy) is 1. The Morgan fingerprint density at radius 3 is 2.95 bits per heavy atom. The van der Waals surface area contributed by atoms with E-state index in [0.29, 0.717) is 12.0 Å². The van der Waals surface area contributed by atoms with Crippen molar-refractivity contribution in [3.05, 3.63) is 34.9 Å². The van der Waals surface area contributed by atoms with Gasteiger partial charge in [-0.05, 0) is 55.7 Å². The molecule has 2 rings (SSSR count). The minimum atomic E-state index is 0.502. The van der Waals surface area contributed by atoms with Gasteiger partial charge in [-0.1, -0.05) is 30.2 Å². The molecule has 0 radical (unpaired) electrons. The zero-order valence-corrected chi connectivity index (χ0v) is 12.8. The summed E-state index contributed by atoms with van der Waals surface area (Å²) < 4.78 is 5.65. The standard InChI is InChI=1S/C16H22Cl2O/c17-12-14(5-2-7-16-8-3-9-19-16)10-13-4-1-6-15(18)11-13/h1,4,6,11,14,16H,2-3,5,7-10,12H2. The van der Waals surface area contributed by atoms with Crippen LogP contribution in [-0.4, -0.2) is 18.6 Å². The molecule has 2 unspecified atom stereocenters. The minimum absolute atomic E-state index is 0.502. The predicted octanol–water partition coefficient (Wildman–Crippen LogP) is 5.09. The van der Waals surface area contributed by atoms with Gasteiger partial charge in [-0.25, -0.2) is 0 Å². The maximum absolute atomic E-state index is 6.09. The van der Waals surface area contributed by atoms with Gasteiger partial charge in [0.25, 0.3) is 0 Å². The van der Waals surface area contributed by atoms with Crippen molar-refractivity contribution in [3.63, 3.8) is 0 Å². The quantitative estimate of drug-likeness (QED) is 0.638. The van der Waals surface area contributed by atoms with Crippen LogP contribution in [0.5, 0.6) is 0 Å². The van der Waals surface area contributed by atoms with Gasteiger partial charge < -0.3 is 4.74 Å². The highest BCUT2D eigenvalue weighted by molar-refractivity contribution is 6.30. The summed E-state index contributed by atoms with van der Waals surface area (Å²) in [6.07, 6.45) is 7.56. The summed E-state index contributed by atoms with van der Waals surface area (Å²) >= 11 is 12.1. The number of alkyl halides is 1. The van der Waals surface area contributed by atoms with Crippen LogP contribution in [0.2, 0.25) is 5.02 Å². The molecule has 0 aliphatic carbocycles. The van der Waals surface area contributed by atoms with Gasteiger partial charge >= 0.3 is 0 Å². The van der Waals surface area contributed by atoms with E-state index in [1.807, 2.05) is 18.2 Å². The van der Waals surface area contributed by atoms with E-state index in [1.165, 1.54) is 37.7 Å². The van der Waals surface area contributed by atoms with Gasteiger partial charge in [0.05, 0.1) is 6.10 Å². The normalized spacial score (nSPS) is 20.6. The van der Waals surface area contributed by atoms with E-state index in [2.05, 4.69) is 6.07 Å². The maximum atomic E-state index is 6.09. The van der Waals surface area contributed by atoms with Crippen LogP contribution in [0.3, 0.4) is 0 Å². The second-order valence-corrected chi connectivity index (χ2v) is 6.17. The molecule has 1 aliphatic heterocycles. The molecular formula is C16H22Cl2O. The number of hydrogen-bond donors (Lipinski definition) is 0. The largest absolute Gasteiger partial charge is 0.378 e. The van der Waals surface area contributed by atoms with Crippen molar-refractivity contribution in [2.75, 3.05) is 12.5 Å². The van der Waals surface area contributed by atoms with Crippen LogP contribution in [0.4, 0.5) is 0 Å². The van der Waals surface area contributed by atoms with Crippen molar-refractivity contribution in [1.82, 2.24) is 0 Å². The van der Waals surface area contributed by atoms with Crippen LogP contribution in [0.1, 0.15) is 37.7 Å². The van der Waals surface area contributed by atoms with Crippen molar-refractivity contribution in [1.29, 1.82) is 0 Å². The van der Waals surface area contributed by atoms with Crippen LogP contribution < -0.4 is 0 Å². The molecule has 1 saturated heterocycles. The summed E-state index contributed by atoms with van der Waals surface area (Å²) in [6.45, 7) is 0.951. The molecule has 1 nitrogen and oxygen atoms in total. The molecule has 1 fully saturated rings. The number of halogens is 2. The molecule has 0 saturated carbocycles. The highest BCUT2D eigenvalue weighted by Crippen LogP contribution is 2.22. The van der Waals surface area contributed by atoms with Crippen LogP contribution in [-0.2, 0) is 11.2 Å². The zero-order chi connectivity index (χ0) is 13.5. The van der Waals surface area contributed by atoms with E-state index < -0.39 is 0 Å². The average molecular weight is 301 g/mol. The second kappa shape index (κ2) is 8.14. The van der Waals surface area contributed by atoms with Crippen LogP contribution in [0, 0.1) is 5.92 Å². The Kier molecular flexibility index (Phi) is 6.49. The van der Waals surface area contributed by atoms with Gasteiger partial charge in [-0.3, -0.25) is 0 Å². The van der Waals surface area contributed by atoms with Crippen molar-refractivity contribution in [2.45, 2.75) is 44.6 Å². The lowest BCUT2D eigenvalue weighted by Crippen LogP contribution is -2.10. The van der Waals surface area contributed by atoms with Crippen LogP contribution in [0.25, 0.3) is 0 Å². The summed E-state index contributed by atoms with van der Waals surface area (Å²) in [5.41, 5.74) is 1.29. The summed E-state index contributed by atoms with van der Waals surface area (Å²) in [7, 11) is 0. The van der Waals surface area contributed by atoms with Crippen LogP contribution >= 0.6 is 23.2 Å². The molecule has 0 N–H and O–H groups in total. The summed E-state index contributed by atoms with van der Waals surface area (Å²) in [5, 5.41) is 0.810. The topological polar surface area (TPSA) is 9.23 Å². The van der Waals surface area contributed by atoms with E-state index in [0.717, 1.165) is 23.9 Å². The summed E-state index contributed by atoms with van der Waals surface area (Å²) in [4.78, 5) is 0. The zero-order valence-electron chi connectivity index (χ0n) is 11.3. The van der Waals surface area contributed by atoms with E-state index in [-0.39, 0.29) is 0 Å². The molecular weight excluding hydrogens is 279 g/mol.